The standard InChI is InChI=1S/C16H33N5O2S/c1-16(2,3)24(23)11-8-19-15(18-5)20-13-6-9-21(10-7-13)12-14(22)17-4/h13H,6-12H2,1-5H3,(H,17,22)(H2,18,19,20). The number of likely N-dealkylation sites (N-methyl/N-ethyl adjacent to an activating group) is 1. The zero-order valence-electron chi connectivity index (χ0n) is 15.6. The molecule has 0 saturated carbocycles. The maximum absolute atomic E-state index is 12.0. The summed E-state index contributed by atoms with van der Waals surface area (Å²) >= 11 is 0. The van der Waals surface area contributed by atoms with Gasteiger partial charge in [-0.25, -0.2) is 0 Å². The average Bonchev–Trinajstić information content (AvgIpc) is 2.54. The Labute approximate surface area is 148 Å². The molecule has 24 heavy (non-hydrogen) atoms. The molecule has 8 heteroatoms. The fraction of sp³-hybridized carbons (Fsp3) is 0.875. The number of nitrogens with one attached hydrogen (secondary N) is 3. The molecule has 1 atom stereocenters. The number of likely N-dealkylation sites (tertiary alicyclic amines) is 1. The lowest BCUT2D eigenvalue weighted by atomic mass is 10.1. The summed E-state index contributed by atoms with van der Waals surface area (Å²) in [5.74, 6) is 1.42. The van der Waals surface area contributed by atoms with Gasteiger partial charge < -0.3 is 16.0 Å². The van der Waals surface area contributed by atoms with Crippen molar-refractivity contribution in [3.63, 3.8) is 0 Å². The van der Waals surface area contributed by atoms with Gasteiger partial charge in [0.25, 0.3) is 0 Å². The molecule has 0 aromatic carbocycles. The van der Waals surface area contributed by atoms with Crippen LogP contribution in [0.4, 0.5) is 0 Å². The highest BCUT2D eigenvalue weighted by Gasteiger charge is 2.22. The molecule has 3 N–H and O–H groups in total. The van der Waals surface area contributed by atoms with Crippen molar-refractivity contribution in [1.82, 2.24) is 20.9 Å². The van der Waals surface area contributed by atoms with Crippen molar-refractivity contribution in [3.8, 4) is 0 Å². The molecule has 140 valence electrons. The van der Waals surface area contributed by atoms with Crippen LogP contribution in [-0.4, -0.2) is 77.8 Å². The summed E-state index contributed by atoms with van der Waals surface area (Å²) in [5, 5.41) is 9.32. The van der Waals surface area contributed by atoms with Crippen LogP contribution < -0.4 is 16.0 Å². The number of nitrogens with zero attached hydrogens (tertiary/aromatic N) is 2. The van der Waals surface area contributed by atoms with Gasteiger partial charge in [0.05, 0.1) is 6.54 Å². The second kappa shape index (κ2) is 9.98. The van der Waals surface area contributed by atoms with Crippen LogP contribution in [0.25, 0.3) is 0 Å². The summed E-state index contributed by atoms with van der Waals surface area (Å²) in [4.78, 5) is 17.8. The minimum absolute atomic E-state index is 0.0609. The number of piperidine rings is 1. The largest absolute Gasteiger partial charge is 0.358 e. The van der Waals surface area contributed by atoms with E-state index in [9.17, 15) is 9.00 Å². The summed E-state index contributed by atoms with van der Waals surface area (Å²) < 4.78 is 11.9. The van der Waals surface area contributed by atoms with E-state index in [1.165, 1.54) is 0 Å². The molecular formula is C16H33N5O2S. The van der Waals surface area contributed by atoms with Crippen LogP contribution in [0.5, 0.6) is 0 Å². The number of aliphatic imine (C=N–C) groups is 1. The number of amides is 1. The van der Waals surface area contributed by atoms with Gasteiger partial charge in [-0.2, -0.15) is 0 Å². The molecule has 1 amide bonds. The van der Waals surface area contributed by atoms with Crippen molar-refractivity contribution < 1.29 is 9.00 Å². The number of carbonyl (C=O) groups is 1. The van der Waals surface area contributed by atoms with Gasteiger partial charge in [-0.1, -0.05) is 0 Å². The van der Waals surface area contributed by atoms with E-state index in [0.717, 1.165) is 31.9 Å². The summed E-state index contributed by atoms with van der Waals surface area (Å²) in [7, 11) is 2.55. The summed E-state index contributed by atoms with van der Waals surface area (Å²) in [5.41, 5.74) is 0. The molecule has 1 saturated heterocycles. The number of hydrogen-bond donors (Lipinski definition) is 3. The monoisotopic (exact) mass is 359 g/mol. The summed E-state index contributed by atoms with van der Waals surface area (Å²) in [6.45, 7) is 8.87. The zero-order valence-corrected chi connectivity index (χ0v) is 16.5. The first kappa shape index (κ1) is 20.9. The predicted molar refractivity (Wildman–Crippen MR) is 101 cm³/mol. The molecule has 1 aliphatic heterocycles. The van der Waals surface area contributed by atoms with E-state index in [0.29, 0.717) is 24.9 Å². The number of rotatable bonds is 6. The molecule has 1 aliphatic rings. The molecule has 1 unspecified atom stereocenters. The smallest absolute Gasteiger partial charge is 0.233 e. The van der Waals surface area contributed by atoms with E-state index in [1.54, 1.807) is 14.1 Å². The average molecular weight is 360 g/mol. The van der Waals surface area contributed by atoms with Crippen LogP contribution in [0.15, 0.2) is 4.99 Å². The first-order valence-corrected chi connectivity index (χ1v) is 9.86. The first-order chi connectivity index (χ1) is 11.3. The molecular weight excluding hydrogens is 326 g/mol. The van der Waals surface area contributed by atoms with Crippen molar-refractivity contribution in [1.29, 1.82) is 0 Å². The third-order valence-electron chi connectivity index (χ3n) is 4.06. The third kappa shape index (κ3) is 7.61. The van der Waals surface area contributed by atoms with Gasteiger partial charge in [0.15, 0.2) is 5.96 Å². The fourth-order valence-electron chi connectivity index (χ4n) is 2.47. The molecule has 7 nitrogen and oxygen atoms in total. The first-order valence-electron chi connectivity index (χ1n) is 8.55. The highest BCUT2D eigenvalue weighted by molar-refractivity contribution is 7.86. The molecule has 1 heterocycles. The molecule has 0 bridgehead atoms. The lowest BCUT2D eigenvalue weighted by Gasteiger charge is -2.32. The van der Waals surface area contributed by atoms with Crippen LogP contribution in [0.2, 0.25) is 0 Å². The van der Waals surface area contributed by atoms with Gasteiger partial charge >= 0.3 is 0 Å². The normalized spacial score (nSPS) is 19.0. The second-order valence-electron chi connectivity index (χ2n) is 7.03. The number of carbonyl (C=O) groups excluding carboxylic acids is 1. The van der Waals surface area contributed by atoms with Gasteiger partial charge in [-0.3, -0.25) is 18.9 Å². The Morgan fingerprint density at radius 3 is 2.42 bits per heavy atom. The second-order valence-corrected chi connectivity index (χ2v) is 9.35. The topological polar surface area (TPSA) is 85.8 Å². The summed E-state index contributed by atoms with van der Waals surface area (Å²) in [6, 6.07) is 0.352. The van der Waals surface area contributed by atoms with Crippen molar-refractivity contribution in [2.75, 3.05) is 46.0 Å². The molecule has 1 fully saturated rings. The number of hydrogen-bond acceptors (Lipinski definition) is 4. The van der Waals surface area contributed by atoms with E-state index in [1.807, 2.05) is 20.8 Å². The van der Waals surface area contributed by atoms with E-state index in [-0.39, 0.29) is 10.7 Å². The van der Waals surface area contributed by atoms with Crippen molar-refractivity contribution in [3.05, 3.63) is 0 Å². The van der Waals surface area contributed by atoms with Crippen LogP contribution >= 0.6 is 0 Å². The molecule has 0 aromatic rings. The maximum atomic E-state index is 12.0. The van der Waals surface area contributed by atoms with E-state index >= 15 is 0 Å². The predicted octanol–water partition coefficient (Wildman–Crippen LogP) is -0.0910. The Kier molecular flexibility index (Phi) is 8.69. The van der Waals surface area contributed by atoms with Crippen molar-refractivity contribution in [2.24, 2.45) is 4.99 Å². The Morgan fingerprint density at radius 1 is 1.29 bits per heavy atom. The minimum Gasteiger partial charge on any atom is -0.358 e. The molecule has 0 aliphatic carbocycles. The van der Waals surface area contributed by atoms with Crippen molar-refractivity contribution >= 4 is 22.7 Å². The molecule has 0 spiro atoms. The van der Waals surface area contributed by atoms with E-state index < -0.39 is 10.8 Å². The highest BCUT2D eigenvalue weighted by atomic mass is 32.2. The van der Waals surface area contributed by atoms with Crippen LogP contribution in [0.3, 0.4) is 0 Å². The molecule has 0 aromatic heterocycles. The van der Waals surface area contributed by atoms with Crippen LogP contribution in [0, 0.1) is 0 Å². The maximum Gasteiger partial charge on any atom is 0.233 e. The quantitative estimate of drug-likeness (QED) is 0.456. The molecule has 0 radical (unpaired) electrons. The molecule has 1 rings (SSSR count). The lowest BCUT2D eigenvalue weighted by Crippen LogP contribution is -2.50. The zero-order chi connectivity index (χ0) is 18.2. The minimum atomic E-state index is -0.864. The summed E-state index contributed by atoms with van der Waals surface area (Å²) in [6.07, 6.45) is 1.96. The van der Waals surface area contributed by atoms with Gasteiger partial charge in [0, 0.05) is 61.1 Å². The van der Waals surface area contributed by atoms with Crippen LogP contribution in [-0.2, 0) is 15.6 Å². The highest BCUT2D eigenvalue weighted by Crippen LogP contribution is 2.11. The SMILES string of the molecule is CN=C(NCCS(=O)C(C)(C)C)NC1CCN(CC(=O)NC)CC1. The van der Waals surface area contributed by atoms with Gasteiger partial charge in [0.1, 0.15) is 0 Å². The fourth-order valence-corrected chi connectivity index (χ4v) is 3.37. The van der Waals surface area contributed by atoms with Gasteiger partial charge in [0.2, 0.25) is 5.91 Å². The Bertz CT molecular complexity index is 454. The van der Waals surface area contributed by atoms with Crippen molar-refractivity contribution in [2.45, 2.75) is 44.4 Å². The Balaban J connectivity index is 2.30. The Morgan fingerprint density at radius 2 is 1.92 bits per heavy atom. The third-order valence-corrected chi connectivity index (χ3v) is 6.00. The number of guanidine groups is 1. The van der Waals surface area contributed by atoms with Crippen LogP contribution in [0.1, 0.15) is 33.6 Å². The lowest BCUT2D eigenvalue weighted by molar-refractivity contribution is -0.122. The van der Waals surface area contributed by atoms with Gasteiger partial charge in [-0.05, 0) is 33.6 Å². The van der Waals surface area contributed by atoms with E-state index in [2.05, 4.69) is 25.8 Å². The van der Waals surface area contributed by atoms with E-state index in [4.69, 9.17) is 0 Å². The van der Waals surface area contributed by atoms with Gasteiger partial charge in [-0.15, -0.1) is 0 Å². The Hall–Kier alpha value is -1.15.